The molecular formula is C19H10Br2O. The molecule has 0 bridgehead atoms. The number of rotatable bonds is 0. The Labute approximate surface area is 144 Å². The highest BCUT2D eigenvalue weighted by atomic mass is 79.9. The van der Waals surface area contributed by atoms with E-state index in [4.69, 9.17) is 4.42 Å². The second kappa shape index (κ2) is 4.46. The van der Waals surface area contributed by atoms with Gasteiger partial charge in [0.2, 0.25) is 0 Å². The van der Waals surface area contributed by atoms with Crippen molar-refractivity contribution in [3.63, 3.8) is 0 Å². The molecule has 0 aliphatic heterocycles. The van der Waals surface area contributed by atoms with Crippen LogP contribution in [0.1, 0.15) is 11.1 Å². The molecule has 0 spiro atoms. The second-order valence-corrected chi connectivity index (χ2v) is 7.56. The van der Waals surface area contributed by atoms with E-state index in [0.29, 0.717) is 0 Å². The highest BCUT2D eigenvalue weighted by Crippen LogP contribution is 2.42. The van der Waals surface area contributed by atoms with E-state index in [9.17, 15) is 0 Å². The molecule has 5 rings (SSSR count). The Morgan fingerprint density at radius 3 is 2.32 bits per heavy atom. The molecule has 1 aromatic heterocycles. The number of furan rings is 1. The summed E-state index contributed by atoms with van der Waals surface area (Å²) in [7, 11) is 0. The largest absolute Gasteiger partial charge is 0.456 e. The SMILES string of the molecule is Brc1ccc2c(c1)-c1cc3oc4ccc(Br)cc4c3cc1C2. The lowest BCUT2D eigenvalue weighted by Crippen LogP contribution is -1.79. The predicted octanol–water partition coefficient (Wildman–Crippen LogP) is 6.68. The topological polar surface area (TPSA) is 13.1 Å². The molecule has 0 saturated carbocycles. The molecule has 4 aromatic rings. The van der Waals surface area contributed by atoms with E-state index < -0.39 is 0 Å². The highest BCUT2D eigenvalue weighted by molar-refractivity contribution is 9.10. The molecule has 0 fully saturated rings. The van der Waals surface area contributed by atoms with E-state index in [0.717, 1.165) is 26.5 Å². The minimum absolute atomic E-state index is 0.941. The van der Waals surface area contributed by atoms with Crippen molar-refractivity contribution in [2.24, 2.45) is 0 Å². The van der Waals surface area contributed by atoms with E-state index in [2.05, 4.69) is 68.3 Å². The molecule has 3 heteroatoms. The van der Waals surface area contributed by atoms with Crippen molar-refractivity contribution in [1.82, 2.24) is 0 Å². The van der Waals surface area contributed by atoms with Crippen LogP contribution in [-0.4, -0.2) is 0 Å². The van der Waals surface area contributed by atoms with Crippen molar-refractivity contribution >= 4 is 53.8 Å². The first-order valence-corrected chi connectivity index (χ1v) is 8.71. The third-order valence-corrected chi connectivity index (χ3v) is 5.39. The van der Waals surface area contributed by atoms with Crippen LogP contribution in [-0.2, 0) is 6.42 Å². The van der Waals surface area contributed by atoms with Crippen LogP contribution in [0.3, 0.4) is 0 Å². The van der Waals surface area contributed by atoms with Crippen molar-refractivity contribution in [2.75, 3.05) is 0 Å². The van der Waals surface area contributed by atoms with Crippen molar-refractivity contribution in [3.8, 4) is 11.1 Å². The van der Waals surface area contributed by atoms with Gasteiger partial charge in [-0.25, -0.2) is 0 Å². The average molecular weight is 414 g/mol. The summed E-state index contributed by atoms with van der Waals surface area (Å²) in [6.07, 6.45) is 0.995. The number of benzene rings is 3. The van der Waals surface area contributed by atoms with Gasteiger partial charge >= 0.3 is 0 Å². The summed E-state index contributed by atoms with van der Waals surface area (Å²) in [5.41, 5.74) is 7.27. The molecule has 1 aliphatic carbocycles. The minimum Gasteiger partial charge on any atom is -0.456 e. The fourth-order valence-electron chi connectivity index (χ4n) is 3.40. The smallest absolute Gasteiger partial charge is 0.136 e. The van der Waals surface area contributed by atoms with E-state index in [-0.39, 0.29) is 0 Å². The molecule has 0 amide bonds. The Bertz CT molecular complexity index is 1080. The van der Waals surface area contributed by atoms with Crippen molar-refractivity contribution in [1.29, 1.82) is 0 Å². The number of halogens is 2. The molecule has 1 aliphatic rings. The van der Waals surface area contributed by atoms with Crippen LogP contribution in [0.4, 0.5) is 0 Å². The molecule has 0 radical (unpaired) electrons. The Morgan fingerprint density at radius 2 is 1.41 bits per heavy atom. The first-order valence-electron chi connectivity index (χ1n) is 7.12. The minimum atomic E-state index is 0.941. The van der Waals surface area contributed by atoms with Gasteiger partial charge in [-0.15, -0.1) is 0 Å². The van der Waals surface area contributed by atoms with Crippen LogP contribution in [0.15, 0.2) is 61.9 Å². The van der Waals surface area contributed by atoms with Crippen LogP contribution < -0.4 is 0 Å². The van der Waals surface area contributed by atoms with Crippen molar-refractivity contribution in [3.05, 3.63) is 68.6 Å². The van der Waals surface area contributed by atoms with Crippen LogP contribution in [0.2, 0.25) is 0 Å². The van der Waals surface area contributed by atoms with Gasteiger partial charge in [0.25, 0.3) is 0 Å². The summed E-state index contributed by atoms with van der Waals surface area (Å²) in [5, 5.41) is 2.37. The summed E-state index contributed by atoms with van der Waals surface area (Å²) in [6, 6.07) is 17.2. The van der Waals surface area contributed by atoms with Gasteiger partial charge in [-0.3, -0.25) is 0 Å². The van der Waals surface area contributed by atoms with Gasteiger partial charge in [0, 0.05) is 19.7 Å². The average Bonchev–Trinajstić information content (AvgIpc) is 3.02. The molecule has 0 unspecified atom stereocenters. The Morgan fingerprint density at radius 1 is 0.682 bits per heavy atom. The quantitative estimate of drug-likeness (QED) is 0.276. The summed E-state index contributed by atoms with van der Waals surface area (Å²) < 4.78 is 8.24. The van der Waals surface area contributed by atoms with Crippen molar-refractivity contribution in [2.45, 2.75) is 6.42 Å². The lowest BCUT2D eigenvalue weighted by atomic mass is 10.0. The lowest BCUT2D eigenvalue weighted by Gasteiger charge is -2.01. The van der Waals surface area contributed by atoms with E-state index in [1.54, 1.807) is 0 Å². The fraction of sp³-hybridized carbons (Fsp3) is 0.0526. The van der Waals surface area contributed by atoms with Gasteiger partial charge in [-0.1, -0.05) is 37.9 Å². The van der Waals surface area contributed by atoms with Crippen LogP contribution in [0.25, 0.3) is 33.1 Å². The zero-order valence-electron chi connectivity index (χ0n) is 11.5. The first kappa shape index (κ1) is 12.9. The third kappa shape index (κ3) is 1.76. The van der Waals surface area contributed by atoms with E-state index in [1.165, 1.54) is 33.0 Å². The standard InChI is InChI=1S/C19H10Br2O/c20-12-2-1-10-5-11-6-16-17-8-13(21)3-4-18(17)22-19(16)9-15(11)14(10)7-12/h1-4,6-9H,5H2. The first-order chi connectivity index (χ1) is 10.7. The van der Waals surface area contributed by atoms with Gasteiger partial charge < -0.3 is 4.42 Å². The number of hydrogen-bond acceptors (Lipinski definition) is 1. The third-order valence-electron chi connectivity index (χ3n) is 4.40. The van der Waals surface area contributed by atoms with Gasteiger partial charge in [0.05, 0.1) is 0 Å². The summed E-state index contributed by atoms with van der Waals surface area (Å²) in [6.45, 7) is 0. The maximum atomic E-state index is 6.05. The summed E-state index contributed by atoms with van der Waals surface area (Å²) >= 11 is 7.12. The second-order valence-electron chi connectivity index (χ2n) is 5.73. The maximum absolute atomic E-state index is 6.05. The van der Waals surface area contributed by atoms with Gasteiger partial charge in [-0.2, -0.15) is 0 Å². The Hall–Kier alpha value is -1.58. The monoisotopic (exact) mass is 412 g/mol. The molecule has 22 heavy (non-hydrogen) atoms. The zero-order valence-corrected chi connectivity index (χ0v) is 14.7. The van der Waals surface area contributed by atoms with Gasteiger partial charge in [-0.05, 0) is 71.1 Å². The van der Waals surface area contributed by atoms with E-state index in [1.807, 2.05) is 12.1 Å². The Kier molecular flexibility index (Phi) is 2.62. The Balaban J connectivity index is 1.85. The normalized spacial score (nSPS) is 12.8. The lowest BCUT2D eigenvalue weighted by molar-refractivity contribution is 0.669. The fourth-order valence-corrected chi connectivity index (χ4v) is 4.12. The van der Waals surface area contributed by atoms with Crippen LogP contribution in [0.5, 0.6) is 0 Å². The predicted molar refractivity (Wildman–Crippen MR) is 97.4 cm³/mol. The van der Waals surface area contributed by atoms with Gasteiger partial charge in [0.15, 0.2) is 0 Å². The van der Waals surface area contributed by atoms with Crippen LogP contribution >= 0.6 is 31.9 Å². The molecular weight excluding hydrogens is 404 g/mol. The zero-order chi connectivity index (χ0) is 14.8. The van der Waals surface area contributed by atoms with Gasteiger partial charge in [0.1, 0.15) is 11.2 Å². The molecule has 106 valence electrons. The summed E-state index contributed by atoms with van der Waals surface area (Å²) in [5.74, 6) is 0. The molecule has 3 aromatic carbocycles. The molecule has 1 nitrogen and oxygen atoms in total. The molecule has 0 saturated heterocycles. The highest BCUT2D eigenvalue weighted by Gasteiger charge is 2.21. The van der Waals surface area contributed by atoms with E-state index >= 15 is 0 Å². The molecule has 0 N–H and O–H groups in total. The van der Waals surface area contributed by atoms with Crippen LogP contribution in [0, 0.1) is 0 Å². The summed E-state index contributed by atoms with van der Waals surface area (Å²) in [4.78, 5) is 0. The molecule has 0 atom stereocenters. The van der Waals surface area contributed by atoms with Crippen molar-refractivity contribution < 1.29 is 4.42 Å². The number of hydrogen-bond donors (Lipinski definition) is 0. The maximum Gasteiger partial charge on any atom is 0.136 e. The molecule has 1 heterocycles. The number of fused-ring (bicyclic) bond motifs is 6.